The van der Waals surface area contributed by atoms with Gasteiger partial charge in [0, 0.05) is 11.6 Å². The number of nitrogens with one attached hydrogen (secondary N) is 1. The van der Waals surface area contributed by atoms with Crippen LogP contribution in [0.4, 0.5) is 13.2 Å². The van der Waals surface area contributed by atoms with Crippen molar-refractivity contribution in [3.8, 4) is 22.8 Å². The summed E-state index contributed by atoms with van der Waals surface area (Å²) < 4.78 is 52.2. The van der Waals surface area contributed by atoms with Gasteiger partial charge in [-0.2, -0.15) is 18.3 Å². The Morgan fingerprint density at radius 3 is 2.76 bits per heavy atom. The highest BCUT2D eigenvalue weighted by Crippen LogP contribution is 2.37. The van der Waals surface area contributed by atoms with Gasteiger partial charge in [0.25, 0.3) is 5.91 Å². The third kappa shape index (κ3) is 3.45. The molecular weight excluding hydrogens is 389 g/mol. The van der Waals surface area contributed by atoms with Crippen LogP contribution >= 0.6 is 0 Å². The number of halogens is 3. The third-order valence-corrected chi connectivity index (χ3v) is 4.67. The van der Waals surface area contributed by atoms with Gasteiger partial charge in [0.05, 0.1) is 11.9 Å². The third-order valence-electron chi connectivity index (χ3n) is 4.67. The van der Waals surface area contributed by atoms with Crippen LogP contribution in [0.3, 0.4) is 0 Å². The van der Waals surface area contributed by atoms with Crippen LogP contribution in [0.25, 0.3) is 16.9 Å². The highest BCUT2D eigenvalue weighted by atomic mass is 19.4. The maximum atomic E-state index is 13.7. The number of rotatable bonds is 4. The summed E-state index contributed by atoms with van der Waals surface area (Å²) in [5.41, 5.74) is -0.789. The van der Waals surface area contributed by atoms with Gasteiger partial charge in [-0.1, -0.05) is 6.92 Å². The van der Waals surface area contributed by atoms with Gasteiger partial charge in [-0.25, -0.2) is 9.50 Å². The predicted octanol–water partition coefficient (Wildman–Crippen LogP) is 3.67. The standard InChI is InChI=1S/C19H17F3N4O3/c1-3-10(2)24-18(27)12-8-23-26-16(19(20,21)22)7-13(25-17(12)26)11-4-5-14-15(6-11)29-9-28-14/h4-8,10H,3,9H2,1-2H3,(H,24,27). The Labute approximate surface area is 163 Å². The number of amides is 1. The summed E-state index contributed by atoms with van der Waals surface area (Å²) in [6.45, 7) is 3.73. The molecule has 0 spiro atoms. The molecule has 0 bridgehead atoms. The fraction of sp³-hybridized carbons (Fsp3) is 0.316. The van der Waals surface area contributed by atoms with E-state index < -0.39 is 17.8 Å². The van der Waals surface area contributed by atoms with Gasteiger partial charge in [-0.3, -0.25) is 4.79 Å². The van der Waals surface area contributed by atoms with Gasteiger partial charge in [0.2, 0.25) is 6.79 Å². The molecule has 0 radical (unpaired) electrons. The predicted molar refractivity (Wildman–Crippen MR) is 96.8 cm³/mol. The van der Waals surface area contributed by atoms with Crippen LogP contribution in [0.15, 0.2) is 30.5 Å². The van der Waals surface area contributed by atoms with Crippen molar-refractivity contribution in [2.75, 3.05) is 6.79 Å². The Morgan fingerprint density at radius 2 is 2.03 bits per heavy atom. The number of carbonyl (C=O) groups excluding carboxylic acids is 1. The Kier molecular flexibility index (Phi) is 4.56. The molecule has 0 fully saturated rings. The number of alkyl halides is 3. The number of hydrogen-bond acceptors (Lipinski definition) is 5. The van der Waals surface area contributed by atoms with Gasteiger partial charge in [-0.15, -0.1) is 0 Å². The molecule has 3 aromatic rings. The fourth-order valence-corrected chi connectivity index (χ4v) is 2.93. The molecule has 29 heavy (non-hydrogen) atoms. The molecule has 0 saturated carbocycles. The molecule has 1 atom stereocenters. The summed E-state index contributed by atoms with van der Waals surface area (Å²) >= 11 is 0. The lowest BCUT2D eigenvalue weighted by molar-refractivity contribution is -0.142. The van der Waals surface area contributed by atoms with E-state index in [0.717, 1.165) is 12.3 Å². The van der Waals surface area contributed by atoms with E-state index in [0.29, 0.717) is 28.0 Å². The van der Waals surface area contributed by atoms with Gasteiger partial charge in [0.1, 0.15) is 5.56 Å². The molecular formula is C19H17F3N4O3. The minimum absolute atomic E-state index is 0.0293. The summed E-state index contributed by atoms with van der Waals surface area (Å²) in [5, 5.41) is 6.49. The van der Waals surface area contributed by atoms with Crippen LogP contribution in [-0.4, -0.2) is 33.3 Å². The van der Waals surface area contributed by atoms with Crippen LogP contribution in [0, 0.1) is 0 Å². The molecule has 1 amide bonds. The smallest absolute Gasteiger partial charge is 0.433 e. The highest BCUT2D eigenvalue weighted by Gasteiger charge is 2.36. The Morgan fingerprint density at radius 1 is 1.28 bits per heavy atom. The monoisotopic (exact) mass is 406 g/mol. The van der Waals surface area contributed by atoms with E-state index >= 15 is 0 Å². The Hall–Kier alpha value is -3.30. The minimum atomic E-state index is -4.69. The molecule has 1 aliphatic heterocycles. The van der Waals surface area contributed by atoms with Gasteiger partial charge < -0.3 is 14.8 Å². The first-order valence-electron chi connectivity index (χ1n) is 8.94. The van der Waals surface area contributed by atoms with E-state index in [1.165, 1.54) is 0 Å². The number of nitrogens with zero attached hydrogens (tertiary/aromatic N) is 3. The summed E-state index contributed by atoms with van der Waals surface area (Å²) in [5.74, 6) is 0.391. The van der Waals surface area contributed by atoms with Crippen molar-refractivity contribution in [1.82, 2.24) is 19.9 Å². The molecule has 2 aromatic heterocycles. The van der Waals surface area contributed by atoms with E-state index in [2.05, 4.69) is 15.4 Å². The molecule has 1 aliphatic rings. The van der Waals surface area contributed by atoms with Crippen LogP contribution in [0.1, 0.15) is 36.3 Å². The van der Waals surface area contributed by atoms with E-state index in [1.54, 1.807) is 25.1 Å². The van der Waals surface area contributed by atoms with Gasteiger partial charge in [-0.05, 0) is 37.6 Å². The molecule has 1 aromatic carbocycles. The van der Waals surface area contributed by atoms with E-state index in [1.807, 2.05) is 6.92 Å². The molecule has 4 rings (SSSR count). The summed E-state index contributed by atoms with van der Waals surface area (Å²) in [7, 11) is 0. The summed E-state index contributed by atoms with van der Waals surface area (Å²) in [4.78, 5) is 16.8. The zero-order chi connectivity index (χ0) is 20.8. The van der Waals surface area contributed by atoms with Gasteiger partial charge >= 0.3 is 6.18 Å². The molecule has 0 saturated heterocycles. The molecule has 0 aliphatic carbocycles. The molecule has 10 heteroatoms. The summed E-state index contributed by atoms with van der Waals surface area (Å²) in [6.07, 6.45) is -2.92. The van der Waals surface area contributed by atoms with Crippen molar-refractivity contribution in [2.24, 2.45) is 0 Å². The maximum absolute atomic E-state index is 13.7. The van der Waals surface area contributed by atoms with Crippen LogP contribution in [0.2, 0.25) is 0 Å². The maximum Gasteiger partial charge on any atom is 0.433 e. The number of ether oxygens (including phenoxy) is 2. The lowest BCUT2D eigenvalue weighted by atomic mass is 10.1. The first-order chi connectivity index (χ1) is 13.8. The SMILES string of the molecule is CCC(C)NC(=O)c1cnn2c(C(F)(F)F)cc(-c3ccc4c(c3)OCO4)nc12. The normalized spacial score (nSPS) is 14.2. The summed E-state index contributed by atoms with van der Waals surface area (Å²) in [6, 6.07) is 5.49. The first-order valence-corrected chi connectivity index (χ1v) is 8.94. The van der Waals surface area contributed by atoms with Crippen molar-refractivity contribution in [1.29, 1.82) is 0 Å². The largest absolute Gasteiger partial charge is 0.454 e. The first kappa shape index (κ1) is 19.0. The lowest BCUT2D eigenvalue weighted by Gasteiger charge is -2.13. The second kappa shape index (κ2) is 6.94. The van der Waals surface area contributed by atoms with Crippen molar-refractivity contribution in [3.05, 3.63) is 41.7 Å². The van der Waals surface area contributed by atoms with Crippen LogP contribution in [0.5, 0.6) is 11.5 Å². The van der Waals surface area contributed by atoms with Crippen molar-refractivity contribution < 1.29 is 27.4 Å². The molecule has 7 nitrogen and oxygen atoms in total. The molecule has 1 unspecified atom stereocenters. The topological polar surface area (TPSA) is 77.8 Å². The second-order valence-corrected chi connectivity index (χ2v) is 6.67. The van der Waals surface area contributed by atoms with Crippen LogP contribution in [-0.2, 0) is 6.18 Å². The molecule has 152 valence electrons. The molecule has 1 N–H and O–H groups in total. The quantitative estimate of drug-likeness (QED) is 0.715. The zero-order valence-electron chi connectivity index (χ0n) is 15.6. The van der Waals surface area contributed by atoms with Crippen LogP contribution < -0.4 is 14.8 Å². The van der Waals surface area contributed by atoms with E-state index in [4.69, 9.17) is 9.47 Å². The number of hydrogen-bond donors (Lipinski definition) is 1. The van der Waals surface area contributed by atoms with Crippen molar-refractivity contribution >= 4 is 11.6 Å². The second-order valence-electron chi connectivity index (χ2n) is 6.67. The number of carbonyl (C=O) groups is 1. The van der Waals surface area contributed by atoms with E-state index in [-0.39, 0.29) is 29.7 Å². The Balaban J connectivity index is 1.87. The number of aromatic nitrogens is 3. The Bertz CT molecular complexity index is 1090. The van der Waals surface area contributed by atoms with Crippen molar-refractivity contribution in [3.63, 3.8) is 0 Å². The average molecular weight is 406 g/mol. The minimum Gasteiger partial charge on any atom is -0.454 e. The van der Waals surface area contributed by atoms with E-state index in [9.17, 15) is 18.0 Å². The lowest BCUT2D eigenvalue weighted by Crippen LogP contribution is -2.32. The number of benzene rings is 1. The number of fused-ring (bicyclic) bond motifs is 2. The highest BCUT2D eigenvalue weighted by molar-refractivity contribution is 6.00. The van der Waals surface area contributed by atoms with Crippen molar-refractivity contribution in [2.45, 2.75) is 32.5 Å². The zero-order valence-corrected chi connectivity index (χ0v) is 15.6. The molecule has 3 heterocycles. The van der Waals surface area contributed by atoms with Gasteiger partial charge in [0.15, 0.2) is 22.8 Å². The average Bonchev–Trinajstić information content (AvgIpc) is 3.32. The fourth-order valence-electron chi connectivity index (χ4n) is 2.93.